The quantitative estimate of drug-likeness (QED) is 0.786. The number of aromatic amines is 1. The van der Waals surface area contributed by atoms with E-state index in [0.29, 0.717) is 17.9 Å². The number of para-hydroxylation sites is 1. The molecule has 0 aliphatic carbocycles. The molecule has 1 aliphatic rings. The summed E-state index contributed by atoms with van der Waals surface area (Å²) in [6.07, 6.45) is 3.71. The second-order valence-electron chi connectivity index (χ2n) is 6.95. The number of nitrogens with zero attached hydrogens (tertiary/aromatic N) is 3. The molecule has 2 heterocycles. The van der Waals surface area contributed by atoms with Crippen molar-refractivity contribution in [2.75, 3.05) is 26.2 Å². The number of aromatic hydroxyl groups is 1. The number of aromatic nitrogens is 2. The van der Waals surface area contributed by atoms with Gasteiger partial charge in [-0.1, -0.05) is 24.6 Å². The van der Waals surface area contributed by atoms with Crippen LogP contribution in [0.1, 0.15) is 37.3 Å². The van der Waals surface area contributed by atoms with Gasteiger partial charge in [-0.2, -0.15) is 0 Å². The Bertz CT molecular complexity index is 952. The van der Waals surface area contributed by atoms with Gasteiger partial charge in [0.1, 0.15) is 5.56 Å². The third kappa shape index (κ3) is 4.19. The lowest BCUT2D eigenvalue weighted by atomic mass is 10.1. The molecule has 1 aliphatic heterocycles. The van der Waals surface area contributed by atoms with E-state index in [0.717, 1.165) is 29.8 Å². The first-order chi connectivity index (χ1) is 13.0. The zero-order valence-electron chi connectivity index (χ0n) is 15.9. The summed E-state index contributed by atoms with van der Waals surface area (Å²) in [6, 6.07) is 7.19. The molecule has 0 amide bonds. The van der Waals surface area contributed by atoms with Crippen LogP contribution >= 0.6 is 0 Å². The zero-order chi connectivity index (χ0) is 19.4. The standard InChI is InChI=1S/C20H26N4O3/c1-14-8-4-5-9-16(14)24-19(26)17(18(25)22-20(24)27)15(2)21-10-13-23-11-6-3-7-12-23/h4-5,8-9,26H,3,6-7,10-13H2,1-2H3,(H,22,25,27). The van der Waals surface area contributed by atoms with Crippen molar-refractivity contribution in [1.82, 2.24) is 14.5 Å². The highest BCUT2D eigenvalue weighted by Gasteiger charge is 2.18. The molecule has 2 aromatic rings. The maximum Gasteiger partial charge on any atom is 0.335 e. The number of piperidine rings is 1. The molecule has 1 fully saturated rings. The van der Waals surface area contributed by atoms with Gasteiger partial charge in [0.05, 0.1) is 12.2 Å². The van der Waals surface area contributed by atoms with Gasteiger partial charge in [0, 0.05) is 12.3 Å². The number of hydrogen-bond donors (Lipinski definition) is 2. The molecule has 1 saturated heterocycles. The molecule has 1 aromatic carbocycles. The molecule has 0 bridgehead atoms. The molecule has 1 aromatic heterocycles. The summed E-state index contributed by atoms with van der Waals surface area (Å²) < 4.78 is 1.12. The van der Waals surface area contributed by atoms with Gasteiger partial charge in [-0.25, -0.2) is 9.36 Å². The lowest BCUT2D eigenvalue weighted by Gasteiger charge is -2.25. The Morgan fingerprint density at radius 2 is 1.89 bits per heavy atom. The second kappa shape index (κ2) is 8.35. The largest absolute Gasteiger partial charge is 0.493 e. The van der Waals surface area contributed by atoms with Crippen LogP contribution in [0, 0.1) is 6.92 Å². The van der Waals surface area contributed by atoms with E-state index in [1.54, 1.807) is 19.1 Å². The Morgan fingerprint density at radius 1 is 1.19 bits per heavy atom. The number of H-pyrrole nitrogens is 1. The number of hydrogen-bond acceptors (Lipinski definition) is 5. The SMILES string of the molecule is CC(=NCCN1CCCCC1)c1c(O)n(-c2ccccc2C)c(=O)[nH]c1=O. The molecule has 0 spiro atoms. The van der Waals surface area contributed by atoms with E-state index in [1.807, 2.05) is 19.1 Å². The van der Waals surface area contributed by atoms with Gasteiger partial charge in [0.15, 0.2) is 0 Å². The van der Waals surface area contributed by atoms with Crippen molar-refractivity contribution in [3.05, 3.63) is 56.2 Å². The van der Waals surface area contributed by atoms with E-state index in [-0.39, 0.29) is 11.4 Å². The number of likely N-dealkylation sites (tertiary alicyclic amines) is 1. The summed E-state index contributed by atoms with van der Waals surface area (Å²) in [5.74, 6) is -0.378. The summed E-state index contributed by atoms with van der Waals surface area (Å²) in [7, 11) is 0. The Hall–Kier alpha value is -2.67. The van der Waals surface area contributed by atoms with Gasteiger partial charge in [-0.3, -0.25) is 14.8 Å². The van der Waals surface area contributed by atoms with Crippen molar-refractivity contribution in [3.8, 4) is 11.6 Å². The van der Waals surface area contributed by atoms with E-state index < -0.39 is 11.2 Å². The van der Waals surface area contributed by atoms with Gasteiger partial charge in [0.25, 0.3) is 5.56 Å². The maximum absolute atomic E-state index is 12.3. The molecular weight excluding hydrogens is 344 g/mol. The molecule has 7 heteroatoms. The first-order valence-corrected chi connectivity index (χ1v) is 9.37. The fraction of sp³-hybridized carbons (Fsp3) is 0.450. The lowest BCUT2D eigenvalue weighted by Crippen LogP contribution is -2.34. The fourth-order valence-electron chi connectivity index (χ4n) is 3.51. The third-order valence-corrected chi connectivity index (χ3v) is 5.02. The monoisotopic (exact) mass is 370 g/mol. The van der Waals surface area contributed by atoms with Gasteiger partial charge < -0.3 is 10.0 Å². The van der Waals surface area contributed by atoms with Gasteiger partial charge in [0.2, 0.25) is 5.88 Å². The van der Waals surface area contributed by atoms with Gasteiger partial charge in [-0.15, -0.1) is 0 Å². The van der Waals surface area contributed by atoms with Crippen LogP contribution in [-0.2, 0) is 0 Å². The van der Waals surface area contributed by atoms with Crippen LogP contribution in [0.4, 0.5) is 0 Å². The molecule has 144 valence electrons. The molecule has 7 nitrogen and oxygen atoms in total. The Labute approximate surface area is 158 Å². The molecular formula is C20H26N4O3. The third-order valence-electron chi connectivity index (χ3n) is 5.02. The number of benzene rings is 1. The summed E-state index contributed by atoms with van der Waals surface area (Å²) >= 11 is 0. The lowest BCUT2D eigenvalue weighted by molar-refractivity contribution is 0.235. The minimum atomic E-state index is -0.670. The Balaban J connectivity index is 1.92. The minimum Gasteiger partial charge on any atom is -0.493 e. The highest BCUT2D eigenvalue weighted by atomic mass is 16.3. The summed E-state index contributed by atoms with van der Waals surface area (Å²) in [4.78, 5) is 33.8. The molecule has 0 radical (unpaired) electrons. The first-order valence-electron chi connectivity index (χ1n) is 9.37. The van der Waals surface area contributed by atoms with Crippen molar-refractivity contribution in [1.29, 1.82) is 0 Å². The maximum atomic E-state index is 12.3. The van der Waals surface area contributed by atoms with E-state index in [2.05, 4.69) is 14.9 Å². The second-order valence-corrected chi connectivity index (χ2v) is 6.95. The average molecular weight is 370 g/mol. The van der Waals surface area contributed by atoms with Crippen molar-refractivity contribution < 1.29 is 5.11 Å². The predicted octanol–water partition coefficient (Wildman–Crippen LogP) is 1.83. The van der Waals surface area contributed by atoms with E-state index in [1.165, 1.54) is 19.3 Å². The fourth-order valence-corrected chi connectivity index (χ4v) is 3.51. The van der Waals surface area contributed by atoms with Crippen LogP contribution in [0.2, 0.25) is 0 Å². The molecule has 27 heavy (non-hydrogen) atoms. The normalized spacial score (nSPS) is 15.9. The zero-order valence-corrected chi connectivity index (χ0v) is 15.9. The van der Waals surface area contributed by atoms with E-state index in [9.17, 15) is 14.7 Å². The van der Waals surface area contributed by atoms with Gasteiger partial charge in [-0.05, 0) is 51.4 Å². The number of nitrogens with one attached hydrogen (secondary N) is 1. The Morgan fingerprint density at radius 3 is 2.59 bits per heavy atom. The van der Waals surface area contributed by atoms with Crippen molar-refractivity contribution in [3.63, 3.8) is 0 Å². The highest BCUT2D eigenvalue weighted by Crippen LogP contribution is 2.19. The van der Waals surface area contributed by atoms with Crippen LogP contribution in [0.15, 0.2) is 38.8 Å². The van der Waals surface area contributed by atoms with Crippen LogP contribution in [-0.4, -0.2) is 51.4 Å². The molecule has 0 unspecified atom stereocenters. The summed E-state index contributed by atoms with van der Waals surface area (Å²) in [5.41, 5.74) is 0.508. The molecule has 0 atom stereocenters. The van der Waals surface area contributed by atoms with Crippen LogP contribution in [0.3, 0.4) is 0 Å². The van der Waals surface area contributed by atoms with Crippen LogP contribution in [0.25, 0.3) is 5.69 Å². The van der Waals surface area contributed by atoms with Crippen molar-refractivity contribution in [2.45, 2.75) is 33.1 Å². The van der Waals surface area contributed by atoms with Crippen molar-refractivity contribution >= 4 is 5.71 Å². The average Bonchev–Trinajstić information content (AvgIpc) is 2.64. The van der Waals surface area contributed by atoms with Crippen LogP contribution in [0.5, 0.6) is 5.88 Å². The topological polar surface area (TPSA) is 90.7 Å². The highest BCUT2D eigenvalue weighted by molar-refractivity contribution is 6.00. The first kappa shape index (κ1) is 19.1. The smallest absolute Gasteiger partial charge is 0.335 e. The Kier molecular flexibility index (Phi) is 5.91. The number of rotatable bonds is 5. The van der Waals surface area contributed by atoms with E-state index >= 15 is 0 Å². The van der Waals surface area contributed by atoms with Gasteiger partial charge >= 0.3 is 5.69 Å². The minimum absolute atomic E-state index is 0.0384. The van der Waals surface area contributed by atoms with Crippen molar-refractivity contribution in [2.24, 2.45) is 4.99 Å². The molecule has 3 rings (SSSR count). The predicted molar refractivity (Wildman–Crippen MR) is 106 cm³/mol. The number of aliphatic imine (C=N–C) groups is 1. The van der Waals surface area contributed by atoms with E-state index in [4.69, 9.17) is 0 Å². The summed E-state index contributed by atoms with van der Waals surface area (Å²) in [5, 5.41) is 10.7. The summed E-state index contributed by atoms with van der Waals surface area (Å²) in [6.45, 7) is 7.07. The molecule has 0 saturated carbocycles. The molecule has 2 N–H and O–H groups in total. The number of aryl methyl sites for hydroxylation is 1. The van der Waals surface area contributed by atoms with Crippen LogP contribution < -0.4 is 11.2 Å².